The van der Waals surface area contributed by atoms with E-state index in [1.807, 2.05) is 17.0 Å². The zero-order chi connectivity index (χ0) is 24.1. The van der Waals surface area contributed by atoms with E-state index in [9.17, 15) is 14.9 Å². The van der Waals surface area contributed by atoms with Crippen molar-refractivity contribution in [2.24, 2.45) is 0 Å². The first-order chi connectivity index (χ1) is 16.5. The van der Waals surface area contributed by atoms with Crippen LogP contribution in [0.15, 0.2) is 42.5 Å². The lowest BCUT2D eigenvalue weighted by molar-refractivity contribution is -0.384. The minimum Gasteiger partial charge on any atom is -0.497 e. The molecule has 2 aromatic rings. The van der Waals surface area contributed by atoms with Crippen molar-refractivity contribution in [3.05, 3.63) is 58.1 Å². The average molecular weight is 484 g/mol. The van der Waals surface area contributed by atoms with Crippen molar-refractivity contribution in [2.45, 2.75) is 19.3 Å². The average Bonchev–Trinajstić information content (AvgIpc) is 2.89. The number of anilines is 2. The standard InChI is InChI=1S/C24H29N5O4S/c1-33-20-8-5-18(6-9-20)23(30)25-24(34)28-15-13-26(14-16-28)19-7-10-21(29(31)32)22(17-19)27-11-3-2-4-12-27/h5-10,17H,2-4,11-16H2,1H3,(H,25,30,34). The van der Waals surface area contributed by atoms with Crippen LogP contribution in [-0.4, -0.2) is 67.2 Å². The molecule has 2 heterocycles. The Kier molecular flexibility index (Phi) is 7.46. The lowest BCUT2D eigenvalue weighted by Crippen LogP contribution is -2.52. The number of nitro benzene ring substituents is 1. The maximum atomic E-state index is 12.5. The molecular formula is C24H29N5O4S. The Morgan fingerprint density at radius 1 is 0.971 bits per heavy atom. The van der Waals surface area contributed by atoms with Gasteiger partial charge in [-0.05, 0) is 67.9 Å². The first-order valence-electron chi connectivity index (χ1n) is 11.5. The molecule has 34 heavy (non-hydrogen) atoms. The third-order valence-electron chi connectivity index (χ3n) is 6.36. The minimum absolute atomic E-state index is 0.159. The molecule has 0 atom stereocenters. The van der Waals surface area contributed by atoms with Gasteiger partial charge in [0.05, 0.1) is 12.0 Å². The highest BCUT2D eigenvalue weighted by Crippen LogP contribution is 2.34. The largest absolute Gasteiger partial charge is 0.497 e. The lowest BCUT2D eigenvalue weighted by atomic mass is 10.1. The predicted molar refractivity (Wildman–Crippen MR) is 136 cm³/mol. The van der Waals surface area contributed by atoms with Crippen LogP contribution in [0.4, 0.5) is 17.1 Å². The maximum absolute atomic E-state index is 12.5. The van der Waals surface area contributed by atoms with Crippen molar-refractivity contribution < 1.29 is 14.5 Å². The molecule has 2 aromatic carbocycles. The van der Waals surface area contributed by atoms with Crippen LogP contribution in [0.1, 0.15) is 29.6 Å². The Balaban J connectivity index is 1.37. The number of thiocarbonyl (C=S) groups is 1. The van der Waals surface area contributed by atoms with Crippen molar-refractivity contribution in [1.29, 1.82) is 0 Å². The number of piperazine rings is 1. The van der Waals surface area contributed by atoms with Crippen LogP contribution < -0.4 is 19.9 Å². The van der Waals surface area contributed by atoms with Crippen LogP contribution in [0.25, 0.3) is 0 Å². The smallest absolute Gasteiger partial charge is 0.292 e. The van der Waals surface area contributed by atoms with E-state index in [1.165, 1.54) is 6.42 Å². The fourth-order valence-corrected chi connectivity index (χ4v) is 4.68. The molecular weight excluding hydrogens is 454 g/mol. The molecule has 0 aliphatic carbocycles. The lowest BCUT2D eigenvalue weighted by Gasteiger charge is -2.37. The van der Waals surface area contributed by atoms with Gasteiger partial charge in [0.15, 0.2) is 5.11 Å². The molecule has 2 fully saturated rings. The normalized spacial score (nSPS) is 16.2. The number of amides is 1. The summed E-state index contributed by atoms with van der Waals surface area (Å²) in [6.07, 6.45) is 3.28. The number of hydrogen-bond donors (Lipinski definition) is 1. The molecule has 0 bridgehead atoms. The summed E-state index contributed by atoms with van der Waals surface area (Å²) in [5, 5.41) is 14.8. The number of benzene rings is 2. The van der Waals surface area contributed by atoms with E-state index in [1.54, 1.807) is 37.4 Å². The molecule has 0 unspecified atom stereocenters. The van der Waals surface area contributed by atoms with Crippen molar-refractivity contribution >= 4 is 40.3 Å². The topological polar surface area (TPSA) is 91.2 Å². The first-order valence-corrected chi connectivity index (χ1v) is 11.9. The Labute approximate surface area is 204 Å². The Bertz CT molecular complexity index is 1050. The van der Waals surface area contributed by atoms with Gasteiger partial charge >= 0.3 is 0 Å². The molecule has 9 nitrogen and oxygen atoms in total. The van der Waals surface area contributed by atoms with Crippen LogP contribution in [-0.2, 0) is 0 Å². The number of hydrogen-bond acceptors (Lipinski definition) is 7. The van der Waals surface area contributed by atoms with Crippen LogP contribution in [0.5, 0.6) is 5.75 Å². The van der Waals surface area contributed by atoms with E-state index in [0.29, 0.717) is 48.3 Å². The summed E-state index contributed by atoms with van der Waals surface area (Å²) >= 11 is 5.48. The highest BCUT2D eigenvalue weighted by molar-refractivity contribution is 7.80. The van der Waals surface area contributed by atoms with Gasteiger partial charge in [-0.3, -0.25) is 20.2 Å². The number of piperidine rings is 1. The molecule has 0 radical (unpaired) electrons. The number of rotatable bonds is 5. The SMILES string of the molecule is COc1ccc(C(=O)NC(=S)N2CCN(c3ccc([N+](=O)[O-])c(N4CCCCC4)c3)CC2)cc1. The number of nitro groups is 1. The number of carbonyl (C=O) groups excluding carboxylic acids is 1. The molecule has 0 aromatic heterocycles. The number of nitrogens with one attached hydrogen (secondary N) is 1. The summed E-state index contributed by atoms with van der Waals surface area (Å²) < 4.78 is 5.13. The second-order valence-corrected chi connectivity index (χ2v) is 8.83. The molecule has 1 N–H and O–H groups in total. The van der Waals surface area contributed by atoms with Gasteiger partial charge < -0.3 is 19.4 Å². The molecule has 2 saturated heterocycles. The van der Waals surface area contributed by atoms with Gasteiger partial charge in [0.2, 0.25) is 0 Å². The van der Waals surface area contributed by atoms with Crippen molar-refractivity contribution in [2.75, 3.05) is 56.2 Å². The minimum atomic E-state index is -0.296. The quantitative estimate of drug-likeness (QED) is 0.393. The highest BCUT2D eigenvalue weighted by Gasteiger charge is 2.25. The molecule has 0 spiro atoms. The van der Waals surface area contributed by atoms with Gasteiger partial charge in [-0.15, -0.1) is 0 Å². The van der Waals surface area contributed by atoms with Gasteiger partial charge in [0.25, 0.3) is 11.6 Å². The van der Waals surface area contributed by atoms with Crippen molar-refractivity contribution in [3.63, 3.8) is 0 Å². The third-order valence-corrected chi connectivity index (χ3v) is 6.72. The van der Waals surface area contributed by atoms with E-state index in [2.05, 4.69) is 15.1 Å². The number of carbonyl (C=O) groups is 1. The van der Waals surface area contributed by atoms with E-state index in [0.717, 1.165) is 31.6 Å². The highest BCUT2D eigenvalue weighted by atomic mass is 32.1. The van der Waals surface area contributed by atoms with Gasteiger partial charge in [0.1, 0.15) is 11.4 Å². The fraction of sp³-hybridized carbons (Fsp3) is 0.417. The molecule has 1 amide bonds. The molecule has 180 valence electrons. The first kappa shape index (κ1) is 23.7. The zero-order valence-electron chi connectivity index (χ0n) is 19.2. The number of ether oxygens (including phenoxy) is 1. The second-order valence-electron chi connectivity index (χ2n) is 8.44. The molecule has 10 heteroatoms. The van der Waals surface area contributed by atoms with Crippen molar-refractivity contribution in [3.8, 4) is 5.75 Å². The van der Waals surface area contributed by atoms with Gasteiger partial charge in [-0.25, -0.2) is 0 Å². The molecule has 4 rings (SSSR count). The molecule has 2 aliphatic heterocycles. The Hall–Kier alpha value is -3.40. The van der Waals surface area contributed by atoms with E-state index >= 15 is 0 Å². The summed E-state index contributed by atoms with van der Waals surface area (Å²) in [6, 6.07) is 12.3. The van der Waals surface area contributed by atoms with Crippen molar-refractivity contribution in [1.82, 2.24) is 10.2 Å². The summed E-state index contributed by atoms with van der Waals surface area (Å²) in [6.45, 7) is 4.40. The second kappa shape index (κ2) is 10.7. The van der Waals surface area contributed by atoms with E-state index < -0.39 is 0 Å². The van der Waals surface area contributed by atoms with Crippen LogP contribution in [0.2, 0.25) is 0 Å². The zero-order valence-corrected chi connectivity index (χ0v) is 20.1. The van der Waals surface area contributed by atoms with Crippen LogP contribution in [0, 0.1) is 10.1 Å². The van der Waals surface area contributed by atoms with Gasteiger partial charge in [0, 0.05) is 56.6 Å². The summed E-state index contributed by atoms with van der Waals surface area (Å²) in [7, 11) is 1.58. The number of methoxy groups -OCH3 is 1. The monoisotopic (exact) mass is 483 g/mol. The summed E-state index contributed by atoms with van der Waals surface area (Å²) in [4.78, 5) is 30.1. The predicted octanol–water partition coefficient (Wildman–Crippen LogP) is 3.43. The van der Waals surface area contributed by atoms with Crippen LogP contribution >= 0.6 is 12.2 Å². The maximum Gasteiger partial charge on any atom is 0.292 e. The molecule has 0 saturated carbocycles. The Morgan fingerprint density at radius 2 is 1.65 bits per heavy atom. The fourth-order valence-electron chi connectivity index (χ4n) is 4.41. The summed E-state index contributed by atoms with van der Waals surface area (Å²) in [5.41, 5.74) is 2.34. The van der Waals surface area contributed by atoms with Crippen LogP contribution in [0.3, 0.4) is 0 Å². The van der Waals surface area contributed by atoms with E-state index in [-0.39, 0.29) is 16.5 Å². The van der Waals surface area contributed by atoms with Gasteiger partial charge in [-0.1, -0.05) is 0 Å². The van der Waals surface area contributed by atoms with E-state index in [4.69, 9.17) is 17.0 Å². The number of nitrogens with zero attached hydrogens (tertiary/aromatic N) is 4. The third kappa shape index (κ3) is 5.39. The summed E-state index contributed by atoms with van der Waals surface area (Å²) in [5.74, 6) is 0.432. The van der Waals surface area contributed by atoms with Gasteiger partial charge in [-0.2, -0.15) is 0 Å². The molecule has 2 aliphatic rings. The Morgan fingerprint density at radius 3 is 2.26 bits per heavy atom.